The third-order valence-corrected chi connectivity index (χ3v) is 8.13. The van der Waals surface area contributed by atoms with Crippen LogP contribution in [0.25, 0.3) is 0 Å². The van der Waals surface area contributed by atoms with Crippen molar-refractivity contribution in [3.05, 3.63) is 35.4 Å². The molecule has 5 fully saturated rings. The largest absolute Gasteiger partial charge is 0.369 e. The van der Waals surface area contributed by atoms with Crippen LogP contribution in [0, 0.1) is 23.2 Å². The number of halogens is 1. The molecule has 1 aromatic carbocycles. The van der Waals surface area contributed by atoms with Crippen molar-refractivity contribution in [1.29, 1.82) is 0 Å². The molecule has 4 aliphatic carbocycles. The van der Waals surface area contributed by atoms with E-state index in [1.165, 1.54) is 0 Å². The number of morpholine rings is 1. The van der Waals surface area contributed by atoms with Crippen molar-refractivity contribution in [2.45, 2.75) is 57.5 Å². The summed E-state index contributed by atoms with van der Waals surface area (Å²) in [7, 11) is 0. The third-order valence-electron chi connectivity index (χ3n) is 8.13. The third kappa shape index (κ3) is 3.98. The summed E-state index contributed by atoms with van der Waals surface area (Å²) in [5.41, 5.74) is 7.22. The lowest BCUT2D eigenvalue weighted by molar-refractivity contribution is -0.151. The molecule has 0 spiro atoms. The van der Waals surface area contributed by atoms with Crippen LogP contribution in [0.4, 0.5) is 4.39 Å². The Morgan fingerprint density at radius 2 is 1.81 bits per heavy atom. The summed E-state index contributed by atoms with van der Waals surface area (Å²) < 4.78 is 18.5. The van der Waals surface area contributed by atoms with Gasteiger partial charge in [0.2, 0.25) is 5.91 Å². The SMILES string of the molecule is NC(=O)C12CC3CC(C1)C(NC(=O)[C@H]1CN(Cc4ccc(CF)cc4)CCO1)C(C3)C2. The van der Waals surface area contributed by atoms with Gasteiger partial charge in [-0.05, 0) is 61.0 Å². The highest BCUT2D eigenvalue weighted by Gasteiger charge is 2.58. The molecule has 31 heavy (non-hydrogen) atoms. The molecule has 1 saturated heterocycles. The number of alkyl halides is 1. The maximum Gasteiger partial charge on any atom is 0.250 e. The Morgan fingerprint density at radius 3 is 2.45 bits per heavy atom. The van der Waals surface area contributed by atoms with Crippen LogP contribution in [-0.2, 0) is 27.5 Å². The van der Waals surface area contributed by atoms with Gasteiger partial charge < -0.3 is 15.8 Å². The van der Waals surface area contributed by atoms with Crippen molar-refractivity contribution < 1.29 is 18.7 Å². The quantitative estimate of drug-likeness (QED) is 0.726. The normalized spacial score (nSPS) is 37.0. The molecule has 5 aliphatic rings. The van der Waals surface area contributed by atoms with E-state index in [9.17, 15) is 14.0 Å². The van der Waals surface area contributed by atoms with Crippen LogP contribution in [-0.4, -0.2) is 48.6 Å². The standard InChI is InChI=1S/C24H32FN3O3/c25-12-15-1-3-16(4-2-15)13-28-5-6-31-20(14-28)22(29)27-21-18-7-17-8-19(21)11-24(9-17,10-18)23(26)30/h1-4,17-21H,5-14H2,(H2,26,30)(H,27,29)/t17?,18?,19?,20-,21?,24?/m1/s1. The molecule has 1 aromatic rings. The van der Waals surface area contributed by atoms with Crippen molar-refractivity contribution in [3.8, 4) is 0 Å². The Kier molecular flexibility index (Phi) is 5.51. The number of rotatable bonds is 6. The lowest BCUT2D eigenvalue weighted by Gasteiger charge is -2.59. The molecule has 4 bridgehead atoms. The summed E-state index contributed by atoms with van der Waals surface area (Å²) >= 11 is 0. The summed E-state index contributed by atoms with van der Waals surface area (Å²) in [6.45, 7) is 2.10. The molecular formula is C24H32FN3O3. The van der Waals surface area contributed by atoms with E-state index in [0.717, 1.165) is 50.8 Å². The first-order chi connectivity index (χ1) is 15.0. The molecule has 3 atom stereocenters. The highest BCUT2D eigenvalue weighted by atomic mass is 19.1. The van der Waals surface area contributed by atoms with E-state index >= 15 is 0 Å². The highest BCUT2D eigenvalue weighted by molar-refractivity contribution is 5.83. The molecule has 0 aromatic heterocycles. The van der Waals surface area contributed by atoms with Crippen molar-refractivity contribution >= 4 is 11.8 Å². The van der Waals surface area contributed by atoms with Crippen LogP contribution in [0.1, 0.15) is 43.2 Å². The molecule has 2 amide bonds. The minimum absolute atomic E-state index is 0.0388. The second-order valence-corrected chi connectivity index (χ2v) is 10.2. The van der Waals surface area contributed by atoms with E-state index in [4.69, 9.17) is 10.5 Å². The van der Waals surface area contributed by atoms with Crippen molar-refractivity contribution in [3.63, 3.8) is 0 Å². The van der Waals surface area contributed by atoms with Gasteiger partial charge >= 0.3 is 0 Å². The van der Waals surface area contributed by atoms with Gasteiger partial charge in [0.15, 0.2) is 0 Å². The average molecular weight is 430 g/mol. The average Bonchev–Trinajstić information content (AvgIpc) is 2.76. The lowest BCUT2D eigenvalue weighted by atomic mass is 9.47. The zero-order valence-electron chi connectivity index (χ0n) is 17.9. The number of amides is 2. The smallest absolute Gasteiger partial charge is 0.250 e. The predicted octanol–water partition coefficient (Wildman–Crippen LogP) is 2.15. The number of ether oxygens (including phenoxy) is 1. The topological polar surface area (TPSA) is 84.7 Å². The van der Waals surface area contributed by atoms with Gasteiger partial charge in [0.25, 0.3) is 5.91 Å². The number of nitrogens with two attached hydrogens (primary N) is 1. The van der Waals surface area contributed by atoms with Crippen molar-refractivity contribution in [2.75, 3.05) is 19.7 Å². The number of benzene rings is 1. The number of carbonyl (C=O) groups excluding carboxylic acids is 2. The lowest BCUT2D eigenvalue weighted by Crippen LogP contribution is -2.63. The summed E-state index contributed by atoms with van der Waals surface area (Å²) in [5.74, 6) is 1.07. The number of nitrogens with one attached hydrogen (secondary N) is 1. The minimum atomic E-state index is -0.485. The Hall–Kier alpha value is -1.99. The fourth-order valence-electron chi connectivity index (χ4n) is 6.82. The summed E-state index contributed by atoms with van der Waals surface area (Å²) in [6, 6.07) is 7.64. The predicted molar refractivity (Wildman–Crippen MR) is 113 cm³/mol. The van der Waals surface area contributed by atoms with E-state index in [-0.39, 0.29) is 23.3 Å². The Morgan fingerprint density at radius 1 is 1.13 bits per heavy atom. The Bertz CT molecular complexity index is 829. The molecule has 2 unspecified atom stereocenters. The van der Waals surface area contributed by atoms with Crippen molar-refractivity contribution in [2.24, 2.45) is 28.9 Å². The fraction of sp³-hybridized carbons (Fsp3) is 0.667. The number of carbonyl (C=O) groups is 2. The van der Waals surface area contributed by atoms with Gasteiger partial charge in [0.05, 0.1) is 6.61 Å². The van der Waals surface area contributed by atoms with Gasteiger partial charge in [0.1, 0.15) is 12.8 Å². The molecule has 0 radical (unpaired) electrons. The molecule has 7 heteroatoms. The van der Waals surface area contributed by atoms with E-state index in [2.05, 4.69) is 10.2 Å². The maximum atomic E-state index is 13.1. The molecule has 6 rings (SSSR count). The van der Waals surface area contributed by atoms with E-state index in [0.29, 0.717) is 36.5 Å². The van der Waals surface area contributed by atoms with Gasteiger partial charge in [0, 0.05) is 31.1 Å². The minimum Gasteiger partial charge on any atom is -0.369 e. The van der Waals surface area contributed by atoms with Crippen LogP contribution in [0.2, 0.25) is 0 Å². The van der Waals surface area contributed by atoms with Crippen LogP contribution in [0.15, 0.2) is 24.3 Å². The fourth-order valence-corrected chi connectivity index (χ4v) is 6.82. The van der Waals surface area contributed by atoms with Crippen LogP contribution >= 0.6 is 0 Å². The maximum absolute atomic E-state index is 13.1. The second-order valence-electron chi connectivity index (χ2n) is 10.2. The zero-order valence-corrected chi connectivity index (χ0v) is 17.9. The molecular weight excluding hydrogens is 397 g/mol. The number of primary amides is 1. The molecule has 168 valence electrons. The monoisotopic (exact) mass is 429 g/mol. The number of nitrogens with zero attached hydrogens (tertiary/aromatic N) is 1. The van der Waals surface area contributed by atoms with Crippen LogP contribution in [0.3, 0.4) is 0 Å². The molecule has 1 heterocycles. The van der Waals surface area contributed by atoms with Crippen LogP contribution in [0.5, 0.6) is 0 Å². The zero-order chi connectivity index (χ0) is 21.6. The van der Waals surface area contributed by atoms with Gasteiger partial charge in [-0.1, -0.05) is 24.3 Å². The molecule has 3 N–H and O–H groups in total. The van der Waals surface area contributed by atoms with E-state index in [1.54, 1.807) is 0 Å². The first-order valence-corrected chi connectivity index (χ1v) is 11.5. The first kappa shape index (κ1) is 20.9. The van der Waals surface area contributed by atoms with Crippen LogP contribution < -0.4 is 11.1 Å². The summed E-state index contributed by atoms with van der Waals surface area (Å²) in [5, 5.41) is 3.30. The summed E-state index contributed by atoms with van der Waals surface area (Å²) in [6.07, 6.45) is 4.25. The van der Waals surface area contributed by atoms with Gasteiger partial charge in [-0.25, -0.2) is 4.39 Å². The Balaban J connectivity index is 1.19. The van der Waals surface area contributed by atoms with E-state index in [1.807, 2.05) is 24.3 Å². The Labute approximate surface area is 182 Å². The van der Waals surface area contributed by atoms with E-state index < -0.39 is 12.8 Å². The van der Waals surface area contributed by atoms with Gasteiger partial charge in [-0.2, -0.15) is 0 Å². The van der Waals surface area contributed by atoms with Crippen molar-refractivity contribution in [1.82, 2.24) is 10.2 Å². The van der Waals surface area contributed by atoms with Gasteiger partial charge in [-0.15, -0.1) is 0 Å². The number of hydrogen-bond donors (Lipinski definition) is 2. The summed E-state index contributed by atoms with van der Waals surface area (Å²) in [4.78, 5) is 27.5. The first-order valence-electron chi connectivity index (χ1n) is 11.5. The molecule has 1 aliphatic heterocycles. The second kappa shape index (κ2) is 8.17. The molecule has 4 saturated carbocycles. The van der Waals surface area contributed by atoms with Gasteiger partial charge in [-0.3, -0.25) is 14.5 Å². The molecule has 6 nitrogen and oxygen atoms in total. The highest BCUT2D eigenvalue weighted by Crippen LogP contribution is 2.59. The number of hydrogen-bond acceptors (Lipinski definition) is 4.